The van der Waals surface area contributed by atoms with Gasteiger partial charge in [-0.25, -0.2) is 9.79 Å². The summed E-state index contributed by atoms with van der Waals surface area (Å²) in [6.45, 7) is 1.24. The Hall–Kier alpha value is -3.02. The van der Waals surface area contributed by atoms with E-state index in [4.69, 9.17) is 0 Å². The molecule has 3 aliphatic rings. The van der Waals surface area contributed by atoms with Gasteiger partial charge in [-0.2, -0.15) is 0 Å². The Morgan fingerprint density at radius 3 is 2.92 bits per heavy atom. The molecule has 0 spiro atoms. The quantitative estimate of drug-likeness (QED) is 0.889. The Labute approximate surface area is 146 Å². The molecule has 0 radical (unpaired) electrons. The molecule has 0 bridgehead atoms. The SMILES string of the molecule is O=C(O)N1CCCC1(Nc1ccccc1)C1=CN2CC=CC=C2N=C1. The summed E-state index contributed by atoms with van der Waals surface area (Å²) >= 11 is 0. The first kappa shape index (κ1) is 15.5. The average Bonchev–Trinajstić information content (AvgIpc) is 3.07. The van der Waals surface area contributed by atoms with Gasteiger partial charge in [0.15, 0.2) is 0 Å². The van der Waals surface area contributed by atoms with Gasteiger partial charge < -0.3 is 15.3 Å². The first-order chi connectivity index (χ1) is 12.2. The lowest BCUT2D eigenvalue weighted by Crippen LogP contribution is -2.55. The summed E-state index contributed by atoms with van der Waals surface area (Å²) in [5.74, 6) is 0.876. The second-order valence-electron chi connectivity index (χ2n) is 6.34. The number of aliphatic imine (C=N–C) groups is 1. The number of nitrogens with one attached hydrogen (secondary N) is 1. The molecule has 128 valence electrons. The first-order valence-corrected chi connectivity index (χ1v) is 8.43. The molecule has 1 atom stereocenters. The monoisotopic (exact) mass is 336 g/mol. The summed E-state index contributed by atoms with van der Waals surface area (Å²) in [5, 5.41) is 13.2. The number of anilines is 1. The second kappa shape index (κ2) is 6.12. The number of likely N-dealkylation sites (tertiary alicyclic amines) is 1. The zero-order valence-corrected chi connectivity index (χ0v) is 13.8. The van der Waals surface area contributed by atoms with E-state index in [-0.39, 0.29) is 0 Å². The number of amides is 1. The van der Waals surface area contributed by atoms with E-state index in [0.717, 1.165) is 30.0 Å². The summed E-state index contributed by atoms with van der Waals surface area (Å²) < 4.78 is 0. The summed E-state index contributed by atoms with van der Waals surface area (Å²) in [4.78, 5) is 20.0. The van der Waals surface area contributed by atoms with Crippen LogP contribution in [0.4, 0.5) is 10.5 Å². The molecular weight excluding hydrogens is 316 g/mol. The van der Waals surface area contributed by atoms with Crippen LogP contribution in [0.1, 0.15) is 12.8 Å². The van der Waals surface area contributed by atoms with Gasteiger partial charge in [-0.1, -0.05) is 30.4 Å². The van der Waals surface area contributed by atoms with Crippen LogP contribution < -0.4 is 5.32 Å². The van der Waals surface area contributed by atoms with Crippen molar-refractivity contribution in [2.45, 2.75) is 18.5 Å². The van der Waals surface area contributed by atoms with Crippen LogP contribution in [0.15, 0.2) is 71.1 Å². The van der Waals surface area contributed by atoms with Gasteiger partial charge in [-0.05, 0) is 31.1 Å². The van der Waals surface area contributed by atoms with E-state index in [0.29, 0.717) is 13.0 Å². The number of fused-ring (bicyclic) bond motifs is 1. The molecule has 1 aromatic carbocycles. The van der Waals surface area contributed by atoms with Crippen molar-refractivity contribution in [1.82, 2.24) is 9.80 Å². The normalized spacial score (nSPS) is 24.6. The molecule has 2 N–H and O–H groups in total. The van der Waals surface area contributed by atoms with Gasteiger partial charge >= 0.3 is 6.09 Å². The highest BCUT2D eigenvalue weighted by molar-refractivity contribution is 5.87. The van der Waals surface area contributed by atoms with Crippen molar-refractivity contribution in [2.75, 3.05) is 18.4 Å². The van der Waals surface area contributed by atoms with Crippen molar-refractivity contribution < 1.29 is 9.90 Å². The van der Waals surface area contributed by atoms with E-state index in [1.807, 2.05) is 53.6 Å². The zero-order valence-electron chi connectivity index (χ0n) is 13.8. The molecular formula is C19H20N4O2. The molecule has 3 heterocycles. The third-order valence-corrected chi connectivity index (χ3v) is 4.82. The van der Waals surface area contributed by atoms with Crippen LogP contribution in [0.5, 0.6) is 0 Å². The topological polar surface area (TPSA) is 68.2 Å². The number of nitrogens with zero attached hydrogens (tertiary/aromatic N) is 3. The number of carbonyl (C=O) groups is 1. The Balaban J connectivity index is 1.75. The van der Waals surface area contributed by atoms with Crippen LogP contribution in [0.25, 0.3) is 0 Å². The molecule has 0 aromatic heterocycles. The van der Waals surface area contributed by atoms with Crippen LogP contribution in [0.2, 0.25) is 0 Å². The molecule has 1 unspecified atom stereocenters. The van der Waals surface area contributed by atoms with Crippen molar-refractivity contribution >= 4 is 18.0 Å². The van der Waals surface area contributed by atoms with E-state index in [1.54, 1.807) is 6.21 Å². The summed E-state index contributed by atoms with van der Waals surface area (Å²) in [6.07, 6.45) is 10.4. The predicted molar refractivity (Wildman–Crippen MR) is 97.3 cm³/mol. The molecule has 1 aromatic rings. The van der Waals surface area contributed by atoms with Crippen molar-refractivity contribution in [1.29, 1.82) is 0 Å². The highest BCUT2D eigenvalue weighted by Gasteiger charge is 2.47. The molecule has 0 saturated carbocycles. The molecule has 1 fully saturated rings. The fraction of sp³-hybridized carbons (Fsp3) is 0.263. The lowest BCUT2D eigenvalue weighted by Gasteiger charge is -2.41. The summed E-state index contributed by atoms with van der Waals surface area (Å²) in [6, 6.07) is 9.73. The standard InChI is InChI=1S/C19H20N4O2/c24-18(25)23-12-6-10-19(23,21-16-7-2-1-3-8-16)15-13-20-17-9-4-5-11-22(17)14-15/h1-5,7-9,13-14,21H,6,10-12H2,(H,24,25). The van der Waals surface area contributed by atoms with Gasteiger partial charge in [-0.15, -0.1) is 0 Å². The Kier molecular flexibility index (Phi) is 3.80. The molecule has 4 rings (SSSR count). The minimum absolute atomic E-state index is 0.503. The number of hydrogen-bond acceptors (Lipinski definition) is 4. The van der Waals surface area contributed by atoms with Gasteiger partial charge in [0.05, 0.1) is 0 Å². The van der Waals surface area contributed by atoms with Crippen molar-refractivity contribution in [3.63, 3.8) is 0 Å². The highest BCUT2D eigenvalue weighted by atomic mass is 16.4. The number of allylic oxidation sites excluding steroid dienone is 2. The van der Waals surface area contributed by atoms with Gasteiger partial charge in [-0.3, -0.25) is 4.90 Å². The summed E-state index contributed by atoms with van der Waals surface area (Å²) in [7, 11) is 0. The maximum Gasteiger partial charge on any atom is 0.409 e. The van der Waals surface area contributed by atoms with Gasteiger partial charge in [0, 0.05) is 36.8 Å². The number of benzene rings is 1. The fourth-order valence-electron chi connectivity index (χ4n) is 3.64. The minimum Gasteiger partial charge on any atom is -0.465 e. The average molecular weight is 336 g/mol. The number of hydrogen-bond donors (Lipinski definition) is 2. The summed E-state index contributed by atoms with van der Waals surface area (Å²) in [5.41, 5.74) is 0.956. The molecule has 3 aliphatic heterocycles. The lowest BCUT2D eigenvalue weighted by atomic mass is 9.96. The minimum atomic E-state index is -0.921. The number of carboxylic acid groups (broad SMARTS) is 1. The fourth-order valence-corrected chi connectivity index (χ4v) is 3.64. The molecule has 25 heavy (non-hydrogen) atoms. The van der Waals surface area contributed by atoms with Crippen molar-refractivity contribution in [3.8, 4) is 0 Å². The van der Waals surface area contributed by atoms with Crippen LogP contribution in [-0.2, 0) is 0 Å². The van der Waals surface area contributed by atoms with E-state index < -0.39 is 11.8 Å². The van der Waals surface area contributed by atoms with Crippen molar-refractivity contribution in [3.05, 3.63) is 66.2 Å². The third-order valence-electron chi connectivity index (χ3n) is 4.82. The van der Waals surface area contributed by atoms with Crippen LogP contribution in [-0.4, -0.2) is 46.0 Å². The number of rotatable bonds is 3. The molecule has 1 amide bonds. The smallest absolute Gasteiger partial charge is 0.409 e. The maximum atomic E-state index is 11.9. The van der Waals surface area contributed by atoms with Crippen molar-refractivity contribution in [2.24, 2.45) is 4.99 Å². The third kappa shape index (κ3) is 2.69. The van der Waals surface area contributed by atoms with Gasteiger partial charge in [0.1, 0.15) is 11.5 Å². The lowest BCUT2D eigenvalue weighted by molar-refractivity contribution is 0.126. The van der Waals surface area contributed by atoms with Crippen LogP contribution >= 0.6 is 0 Å². The highest BCUT2D eigenvalue weighted by Crippen LogP contribution is 2.38. The maximum absolute atomic E-state index is 11.9. The molecule has 6 heteroatoms. The second-order valence-corrected chi connectivity index (χ2v) is 6.34. The van der Waals surface area contributed by atoms with Gasteiger partial charge in [0.25, 0.3) is 0 Å². The van der Waals surface area contributed by atoms with E-state index >= 15 is 0 Å². The molecule has 1 saturated heterocycles. The number of para-hydroxylation sites is 1. The van der Waals surface area contributed by atoms with E-state index in [1.165, 1.54) is 4.90 Å². The molecule has 0 aliphatic carbocycles. The van der Waals surface area contributed by atoms with Crippen LogP contribution in [0.3, 0.4) is 0 Å². The van der Waals surface area contributed by atoms with E-state index in [9.17, 15) is 9.90 Å². The Morgan fingerprint density at radius 1 is 1.28 bits per heavy atom. The Bertz CT molecular complexity index is 797. The van der Waals surface area contributed by atoms with Crippen LogP contribution in [0, 0.1) is 0 Å². The van der Waals surface area contributed by atoms with E-state index in [2.05, 4.69) is 16.4 Å². The zero-order chi connectivity index (χ0) is 17.3. The largest absolute Gasteiger partial charge is 0.465 e. The first-order valence-electron chi connectivity index (χ1n) is 8.43. The molecule has 6 nitrogen and oxygen atoms in total. The predicted octanol–water partition coefficient (Wildman–Crippen LogP) is 3.25. The Morgan fingerprint density at radius 2 is 2.12 bits per heavy atom. The van der Waals surface area contributed by atoms with Gasteiger partial charge in [0.2, 0.25) is 0 Å².